The lowest BCUT2D eigenvalue weighted by Gasteiger charge is -2.14. The molecule has 34 heavy (non-hydrogen) atoms. The highest BCUT2D eigenvalue weighted by atomic mass is 35.5. The van der Waals surface area contributed by atoms with E-state index in [0.29, 0.717) is 47.5 Å². The first-order valence-electron chi connectivity index (χ1n) is 10.8. The van der Waals surface area contributed by atoms with Gasteiger partial charge in [-0.25, -0.2) is 13.4 Å². The summed E-state index contributed by atoms with van der Waals surface area (Å²) in [5.41, 5.74) is 2.31. The maximum absolute atomic E-state index is 13.2. The minimum absolute atomic E-state index is 0.0833. The van der Waals surface area contributed by atoms with E-state index in [1.807, 2.05) is 44.2 Å². The molecule has 0 aliphatic carbocycles. The number of fused-ring (bicyclic) bond motifs is 1. The van der Waals surface area contributed by atoms with E-state index >= 15 is 0 Å². The normalized spacial score (nSPS) is 11.5. The number of nitrogens with zero attached hydrogens (tertiary/aromatic N) is 2. The quantitative estimate of drug-likeness (QED) is 0.297. The van der Waals surface area contributed by atoms with Crippen molar-refractivity contribution in [3.63, 3.8) is 0 Å². The number of ether oxygens (including phenoxy) is 1. The van der Waals surface area contributed by atoms with Crippen molar-refractivity contribution in [2.24, 2.45) is 0 Å². The summed E-state index contributed by atoms with van der Waals surface area (Å²) in [7, 11) is -3.89. The van der Waals surface area contributed by atoms with Crippen LogP contribution in [0.2, 0.25) is 5.02 Å². The number of aromatic nitrogens is 2. The highest BCUT2D eigenvalue weighted by molar-refractivity contribution is 7.92. The summed E-state index contributed by atoms with van der Waals surface area (Å²) in [6.45, 7) is 5.58. The van der Waals surface area contributed by atoms with E-state index < -0.39 is 10.0 Å². The summed E-state index contributed by atoms with van der Waals surface area (Å²) in [5, 5.41) is 5.46. The lowest BCUT2D eigenvalue weighted by Crippen LogP contribution is -2.15. The van der Waals surface area contributed by atoms with Crippen molar-refractivity contribution in [2.75, 3.05) is 29.8 Å². The van der Waals surface area contributed by atoms with Gasteiger partial charge in [0.2, 0.25) is 0 Å². The zero-order chi connectivity index (χ0) is 24.1. The molecule has 4 aromatic rings. The minimum atomic E-state index is -3.89. The standard InChI is InChI=1S/C25H25ClN4O3S/c1-3-33-13-12-27-24-14-17(2)23(16-29-24)30-34(31,32)19-8-9-22(26)21(15-19)25-20-7-5-4-6-18(20)10-11-28-25/h4-11,14-16,30H,3,12-13H2,1-2H3,(H,27,29). The fourth-order valence-corrected chi connectivity index (χ4v) is 4.89. The van der Waals surface area contributed by atoms with Crippen molar-refractivity contribution in [2.45, 2.75) is 18.7 Å². The van der Waals surface area contributed by atoms with E-state index in [4.69, 9.17) is 16.3 Å². The molecule has 176 valence electrons. The number of aryl methyl sites for hydroxylation is 1. The van der Waals surface area contributed by atoms with Gasteiger partial charge in [0, 0.05) is 30.3 Å². The van der Waals surface area contributed by atoms with Crippen LogP contribution < -0.4 is 10.0 Å². The maximum atomic E-state index is 13.2. The molecule has 2 aromatic heterocycles. The number of anilines is 2. The van der Waals surface area contributed by atoms with Gasteiger partial charge in [0.15, 0.2) is 0 Å². The van der Waals surface area contributed by atoms with Crippen LogP contribution in [-0.4, -0.2) is 38.1 Å². The Bertz CT molecular complexity index is 1420. The molecule has 0 atom stereocenters. The molecular weight excluding hydrogens is 472 g/mol. The SMILES string of the molecule is CCOCCNc1cc(C)c(NS(=O)(=O)c2ccc(Cl)c(-c3nccc4ccccc34)c2)cn1. The number of rotatable bonds is 9. The zero-order valence-electron chi connectivity index (χ0n) is 18.9. The number of halogens is 1. The van der Waals surface area contributed by atoms with E-state index in [9.17, 15) is 8.42 Å². The first kappa shape index (κ1) is 23.9. The average Bonchev–Trinajstić information content (AvgIpc) is 2.83. The summed E-state index contributed by atoms with van der Waals surface area (Å²) in [6, 6.07) is 16.1. The van der Waals surface area contributed by atoms with Crippen molar-refractivity contribution in [1.82, 2.24) is 9.97 Å². The number of sulfonamides is 1. The Morgan fingerprint density at radius 1 is 1.06 bits per heavy atom. The van der Waals surface area contributed by atoms with Gasteiger partial charge < -0.3 is 10.1 Å². The molecule has 0 fully saturated rings. The fourth-order valence-electron chi connectivity index (χ4n) is 3.55. The molecule has 0 amide bonds. The number of pyridine rings is 2. The second-order valence-corrected chi connectivity index (χ2v) is 9.73. The molecular formula is C25H25ClN4O3S. The third-order valence-electron chi connectivity index (χ3n) is 5.29. The highest BCUT2D eigenvalue weighted by Gasteiger charge is 2.19. The molecule has 0 spiro atoms. The summed E-state index contributed by atoms with van der Waals surface area (Å²) in [6.07, 6.45) is 3.19. The third kappa shape index (κ3) is 5.30. The molecule has 0 saturated carbocycles. The second-order valence-electron chi connectivity index (χ2n) is 7.64. The molecule has 2 aromatic carbocycles. The Balaban J connectivity index is 1.61. The van der Waals surface area contributed by atoms with Crippen LogP contribution >= 0.6 is 11.6 Å². The van der Waals surface area contributed by atoms with Crippen molar-refractivity contribution in [1.29, 1.82) is 0 Å². The van der Waals surface area contributed by atoms with Crippen LogP contribution in [0.4, 0.5) is 11.5 Å². The number of nitrogens with one attached hydrogen (secondary N) is 2. The van der Waals surface area contributed by atoms with Gasteiger partial charge in [0.1, 0.15) is 5.82 Å². The average molecular weight is 497 g/mol. The van der Waals surface area contributed by atoms with Crippen molar-refractivity contribution in [3.8, 4) is 11.3 Å². The van der Waals surface area contributed by atoms with Gasteiger partial charge in [-0.3, -0.25) is 9.71 Å². The molecule has 2 N–H and O–H groups in total. The molecule has 7 nitrogen and oxygen atoms in total. The van der Waals surface area contributed by atoms with Gasteiger partial charge in [-0.15, -0.1) is 0 Å². The summed E-state index contributed by atoms with van der Waals surface area (Å²) < 4.78 is 34.4. The van der Waals surface area contributed by atoms with E-state index in [-0.39, 0.29) is 4.90 Å². The van der Waals surface area contributed by atoms with E-state index in [1.165, 1.54) is 12.3 Å². The Labute approximate surface area is 204 Å². The van der Waals surface area contributed by atoms with Crippen molar-refractivity contribution < 1.29 is 13.2 Å². The summed E-state index contributed by atoms with van der Waals surface area (Å²) in [4.78, 5) is 8.87. The molecule has 0 bridgehead atoms. The lowest BCUT2D eigenvalue weighted by atomic mass is 10.0. The van der Waals surface area contributed by atoms with Crippen LogP contribution in [0.3, 0.4) is 0 Å². The molecule has 0 aliphatic rings. The van der Waals surface area contributed by atoms with Crippen molar-refractivity contribution >= 4 is 43.9 Å². The van der Waals surface area contributed by atoms with Gasteiger partial charge in [-0.1, -0.05) is 35.9 Å². The number of benzene rings is 2. The predicted molar refractivity (Wildman–Crippen MR) is 137 cm³/mol. The highest BCUT2D eigenvalue weighted by Crippen LogP contribution is 2.34. The van der Waals surface area contributed by atoms with E-state index in [2.05, 4.69) is 20.0 Å². The van der Waals surface area contributed by atoms with Crippen LogP contribution in [0.5, 0.6) is 0 Å². The molecule has 0 aliphatic heterocycles. The Kier molecular flexibility index (Phi) is 7.31. The first-order valence-corrected chi connectivity index (χ1v) is 12.7. The third-order valence-corrected chi connectivity index (χ3v) is 6.98. The second kappa shape index (κ2) is 10.4. The molecule has 0 unspecified atom stereocenters. The van der Waals surface area contributed by atoms with Gasteiger partial charge >= 0.3 is 0 Å². The monoisotopic (exact) mass is 496 g/mol. The molecule has 4 rings (SSSR count). The molecule has 2 heterocycles. The number of hydrogen-bond acceptors (Lipinski definition) is 6. The van der Waals surface area contributed by atoms with Crippen molar-refractivity contribution in [3.05, 3.63) is 77.6 Å². The summed E-state index contributed by atoms with van der Waals surface area (Å²) in [5.74, 6) is 0.649. The first-order chi connectivity index (χ1) is 16.4. The smallest absolute Gasteiger partial charge is 0.261 e. The van der Waals surface area contributed by atoms with E-state index in [1.54, 1.807) is 24.4 Å². The number of hydrogen-bond donors (Lipinski definition) is 2. The van der Waals surface area contributed by atoms with Crippen LogP contribution in [0.1, 0.15) is 12.5 Å². The largest absolute Gasteiger partial charge is 0.380 e. The van der Waals surface area contributed by atoms with Crippen LogP contribution in [0.25, 0.3) is 22.0 Å². The van der Waals surface area contributed by atoms with Crippen LogP contribution in [0.15, 0.2) is 71.9 Å². The van der Waals surface area contributed by atoms with Crippen LogP contribution in [-0.2, 0) is 14.8 Å². The Morgan fingerprint density at radius 3 is 2.68 bits per heavy atom. The predicted octanol–water partition coefficient (Wildman–Crippen LogP) is 5.51. The zero-order valence-corrected chi connectivity index (χ0v) is 20.4. The Hall–Kier alpha value is -3.20. The van der Waals surface area contributed by atoms with Gasteiger partial charge in [0.05, 0.1) is 34.1 Å². The fraction of sp³-hybridized carbons (Fsp3) is 0.200. The molecule has 0 radical (unpaired) electrons. The molecule has 9 heteroatoms. The van der Waals surface area contributed by atoms with Crippen LogP contribution in [0, 0.1) is 6.92 Å². The van der Waals surface area contributed by atoms with E-state index in [0.717, 1.165) is 16.3 Å². The maximum Gasteiger partial charge on any atom is 0.261 e. The topological polar surface area (TPSA) is 93.2 Å². The van der Waals surface area contributed by atoms with Gasteiger partial charge in [0.25, 0.3) is 10.0 Å². The minimum Gasteiger partial charge on any atom is -0.380 e. The summed E-state index contributed by atoms with van der Waals surface area (Å²) >= 11 is 6.46. The molecule has 0 saturated heterocycles. The Morgan fingerprint density at radius 2 is 1.88 bits per heavy atom. The van der Waals surface area contributed by atoms with Gasteiger partial charge in [-0.05, 0) is 55.1 Å². The van der Waals surface area contributed by atoms with Gasteiger partial charge in [-0.2, -0.15) is 0 Å². The lowest BCUT2D eigenvalue weighted by molar-refractivity contribution is 0.158.